The van der Waals surface area contributed by atoms with E-state index in [9.17, 15) is 0 Å². The number of rotatable bonds is 0. The lowest BCUT2D eigenvalue weighted by atomic mass is 9.48. The summed E-state index contributed by atoms with van der Waals surface area (Å²) in [6.45, 7) is 0.645. The van der Waals surface area contributed by atoms with E-state index in [1.54, 1.807) is 5.57 Å². The molecule has 0 aromatic carbocycles. The van der Waals surface area contributed by atoms with Gasteiger partial charge in [-0.05, 0) is 73.5 Å². The van der Waals surface area contributed by atoms with Crippen molar-refractivity contribution in [2.24, 2.45) is 28.6 Å². The van der Waals surface area contributed by atoms with E-state index in [1.807, 2.05) is 0 Å². The summed E-state index contributed by atoms with van der Waals surface area (Å²) in [6.07, 6.45) is 16.1. The molecule has 0 aromatic heterocycles. The molecule has 0 bridgehead atoms. The summed E-state index contributed by atoms with van der Waals surface area (Å²) >= 11 is 0. The monoisotopic (exact) mass is 259 g/mol. The average Bonchev–Trinajstić information content (AvgIpc) is 2.91. The van der Waals surface area contributed by atoms with Gasteiger partial charge < -0.3 is 0 Å². The van der Waals surface area contributed by atoms with Crippen LogP contribution in [0.5, 0.6) is 0 Å². The van der Waals surface area contributed by atoms with Gasteiger partial charge >= 0.3 is 0 Å². The molecule has 4 aliphatic carbocycles. The van der Waals surface area contributed by atoms with Crippen molar-refractivity contribution >= 4 is 0 Å². The molecule has 4 rings (SSSR count). The fourth-order valence-electron chi connectivity index (χ4n) is 5.88. The van der Waals surface area contributed by atoms with Crippen LogP contribution in [0.25, 0.3) is 0 Å². The molecular formula is C19H28. The van der Waals surface area contributed by atoms with Crippen molar-refractivity contribution in [2.45, 2.75) is 65.1 Å². The molecule has 2 fully saturated rings. The van der Waals surface area contributed by atoms with Gasteiger partial charge in [-0.2, -0.15) is 0 Å². The molecule has 0 aliphatic heterocycles. The highest BCUT2D eigenvalue weighted by Crippen LogP contribution is 2.63. The highest BCUT2D eigenvalue weighted by Gasteiger charge is 2.53. The Hall–Kier alpha value is -0.520. The summed E-state index contributed by atoms with van der Waals surface area (Å²) in [4.78, 5) is 0. The van der Waals surface area contributed by atoms with E-state index < -0.39 is 12.3 Å². The zero-order valence-electron chi connectivity index (χ0n) is 15.1. The number of hydrogen-bond donors (Lipinski definition) is 0. The van der Waals surface area contributed by atoms with Gasteiger partial charge in [-0.15, -0.1) is 0 Å². The first kappa shape index (κ1) is 9.42. The van der Waals surface area contributed by atoms with Crippen LogP contribution in [0, 0.1) is 28.6 Å². The van der Waals surface area contributed by atoms with Crippen LogP contribution in [0.3, 0.4) is 0 Å². The molecule has 5 atom stereocenters. The minimum absolute atomic E-state index is 0.343. The van der Waals surface area contributed by atoms with E-state index in [0.717, 1.165) is 25.7 Å². The molecule has 0 spiro atoms. The number of hydrogen-bond acceptors (Lipinski definition) is 0. The number of fused-ring (bicyclic) bond motifs is 5. The Kier molecular flexibility index (Phi) is 1.98. The van der Waals surface area contributed by atoms with Crippen molar-refractivity contribution in [3.8, 4) is 0 Å². The predicted octanol–water partition coefficient (Wildman–Crippen LogP) is 5.51. The molecule has 0 heteroatoms. The average molecular weight is 259 g/mol. The molecule has 19 heavy (non-hydrogen) atoms. The van der Waals surface area contributed by atoms with Crippen molar-refractivity contribution in [3.63, 3.8) is 0 Å². The van der Waals surface area contributed by atoms with Crippen LogP contribution in [0.15, 0.2) is 23.8 Å². The summed E-state index contributed by atoms with van der Waals surface area (Å²) in [5, 5.41) is 0. The lowest BCUT2D eigenvalue weighted by Crippen LogP contribution is -2.48. The van der Waals surface area contributed by atoms with Gasteiger partial charge in [0.15, 0.2) is 0 Å². The Morgan fingerprint density at radius 2 is 2.16 bits per heavy atom. The maximum Gasteiger partial charge on any atom is 0.0239 e. The van der Waals surface area contributed by atoms with Crippen molar-refractivity contribution in [1.82, 2.24) is 0 Å². The molecule has 104 valence electrons. The van der Waals surface area contributed by atoms with Gasteiger partial charge in [-0.1, -0.05) is 44.0 Å². The summed E-state index contributed by atoms with van der Waals surface area (Å²) in [5.74, 6) is 1.64. The Bertz CT molecular complexity index is 529. The van der Waals surface area contributed by atoms with Gasteiger partial charge in [0.2, 0.25) is 0 Å². The van der Waals surface area contributed by atoms with Crippen molar-refractivity contribution < 1.29 is 4.11 Å². The van der Waals surface area contributed by atoms with E-state index in [1.165, 1.54) is 25.7 Å². The summed E-state index contributed by atoms with van der Waals surface area (Å²) in [5.41, 5.74) is 1.54. The Labute approximate surface area is 122 Å². The fraction of sp³-hybridized carbons (Fsp3) is 0.789. The zero-order chi connectivity index (χ0) is 15.6. The second-order valence-corrected chi connectivity index (χ2v) is 7.68. The quantitative estimate of drug-likeness (QED) is 0.503. The number of allylic oxidation sites excluding steroid dienone is 4. The second-order valence-electron chi connectivity index (χ2n) is 7.68. The highest BCUT2D eigenvalue weighted by molar-refractivity contribution is 5.25. The maximum atomic E-state index is 8.15. The summed E-state index contributed by atoms with van der Waals surface area (Å²) in [6, 6.07) is 0. The molecule has 4 aliphatic rings. The summed E-state index contributed by atoms with van der Waals surface area (Å²) < 4.78 is 24.4. The third-order valence-corrected chi connectivity index (χ3v) is 6.95. The third kappa shape index (κ3) is 1.58. The van der Waals surface area contributed by atoms with Crippen molar-refractivity contribution in [1.29, 1.82) is 0 Å². The first-order valence-electron chi connectivity index (χ1n) is 9.76. The van der Waals surface area contributed by atoms with Crippen LogP contribution in [0.4, 0.5) is 0 Å². The molecule has 0 nitrogen and oxygen atoms in total. The van der Waals surface area contributed by atoms with Crippen LogP contribution >= 0.6 is 0 Å². The van der Waals surface area contributed by atoms with E-state index in [-0.39, 0.29) is 0 Å². The topological polar surface area (TPSA) is 0 Å². The van der Waals surface area contributed by atoms with Crippen LogP contribution in [0.2, 0.25) is 0 Å². The SMILES string of the molecule is [2H]C([2H])([2H])[C@@]12C=CC[C@H]1[C@@H]1CC=C3CCCC[C@]3(C)[C@H]1CC2. The van der Waals surface area contributed by atoms with Gasteiger partial charge in [0.1, 0.15) is 0 Å². The van der Waals surface area contributed by atoms with Crippen molar-refractivity contribution in [2.75, 3.05) is 0 Å². The van der Waals surface area contributed by atoms with Gasteiger partial charge in [0, 0.05) is 4.11 Å². The Morgan fingerprint density at radius 3 is 3.05 bits per heavy atom. The molecule has 0 saturated heterocycles. The maximum absolute atomic E-state index is 8.15. The standard InChI is InChI=1S/C19H28/c1-18-11-5-7-16(18)15-9-8-14-6-3-4-12-19(14,2)17(15)10-13-18/h5,8,11,15-17H,3-4,6-7,9-10,12-13H2,1-2H3/t15-,16-,17-,18-,19-/m0/s1/i1D3. The normalized spacial score (nSPS) is 55.1. The smallest absolute Gasteiger partial charge is 0.0239 e. The lowest BCUT2D eigenvalue weighted by Gasteiger charge is -2.56. The van der Waals surface area contributed by atoms with Gasteiger partial charge in [0.05, 0.1) is 0 Å². The molecule has 0 N–H and O–H groups in total. The minimum Gasteiger partial charge on any atom is -0.0877 e. The van der Waals surface area contributed by atoms with Crippen LogP contribution < -0.4 is 0 Å². The van der Waals surface area contributed by atoms with Gasteiger partial charge in [0.25, 0.3) is 0 Å². The van der Waals surface area contributed by atoms with E-state index in [0.29, 0.717) is 23.2 Å². The van der Waals surface area contributed by atoms with Gasteiger partial charge in [-0.3, -0.25) is 0 Å². The Balaban J connectivity index is 1.72. The molecule has 0 heterocycles. The first-order chi connectivity index (χ1) is 10.4. The molecule has 0 radical (unpaired) electrons. The van der Waals surface area contributed by atoms with E-state index >= 15 is 0 Å². The predicted molar refractivity (Wildman–Crippen MR) is 80.8 cm³/mol. The van der Waals surface area contributed by atoms with Crippen LogP contribution in [-0.4, -0.2) is 0 Å². The van der Waals surface area contributed by atoms with Crippen molar-refractivity contribution in [3.05, 3.63) is 23.8 Å². The largest absolute Gasteiger partial charge is 0.0877 e. The third-order valence-electron chi connectivity index (χ3n) is 6.95. The molecule has 0 aromatic rings. The van der Waals surface area contributed by atoms with Gasteiger partial charge in [-0.25, -0.2) is 0 Å². The zero-order valence-corrected chi connectivity index (χ0v) is 12.1. The van der Waals surface area contributed by atoms with E-state index in [4.69, 9.17) is 4.11 Å². The van der Waals surface area contributed by atoms with Crippen LogP contribution in [0.1, 0.15) is 69.3 Å². The highest BCUT2D eigenvalue weighted by atomic mass is 14.6. The minimum atomic E-state index is -1.84. The second kappa shape index (κ2) is 3.99. The first-order valence-corrected chi connectivity index (χ1v) is 8.26. The Morgan fingerprint density at radius 1 is 1.21 bits per heavy atom. The molecular weight excluding hydrogens is 228 g/mol. The summed E-state index contributed by atoms with van der Waals surface area (Å²) in [7, 11) is 0. The lowest BCUT2D eigenvalue weighted by molar-refractivity contribution is -0.0130. The molecule has 0 amide bonds. The van der Waals surface area contributed by atoms with Crippen LogP contribution in [-0.2, 0) is 0 Å². The fourth-order valence-corrected chi connectivity index (χ4v) is 5.88. The molecule has 0 unspecified atom stereocenters. The van der Waals surface area contributed by atoms with E-state index in [2.05, 4.69) is 25.2 Å². The molecule has 2 saturated carbocycles.